The molecule has 80 valence electrons. The van der Waals surface area contributed by atoms with Gasteiger partial charge in [-0.1, -0.05) is 19.9 Å². The quantitative estimate of drug-likeness (QED) is 0.372. The van der Waals surface area contributed by atoms with Crippen molar-refractivity contribution in [3.05, 3.63) is 12.2 Å². The maximum absolute atomic E-state index is 11.0. The molecule has 0 bridgehead atoms. The molecular formula is C11H18O3. The third kappa shape index (κ3) is 3.50. The molecule has 1 fully saturated rings. The Labute approximate surface area is 85.1 Å². The van der Waals surface area contributed by atoms with Gasteiger partial charge in [-0.15, -0.1) is 0 Å². The van der Waals surface area contributed by atoms with Gasteiger partial charge in [-0.3, -0.25) is 0 Å². The van der Waals surface area contributed by atoms with Crippen LogP contribution in [0.15, 0.2) is 12.2 Å². The molecule has 1 aliphatic heterocycles. The Bertz CT molecular complexity index is 219. The third-order valence-electron chi connectivity index (χ3n) is 2.48. The molecule has 0 spiro atoms. The van der Waals surface area contributed by atoms with Crippen LogP contribution in [-0.2, 0) is 14.3 Å². The van der Waals surface area contributed by atoms with Crippen molar-refractivity contribution in [2.24, 2.45) is 5.92 Å². The molecule has 3 nitrogen and oxygen atoms in total. The lowest BCUT2D eigenvalue weighted by atomic mass is 10.00. The van der Waals surface area contributed by atoms with E-state index in [9.17, 15) is 4.79 Å². The van der Waals surface area contributed by atoms with Gasteiger partial charge in [-0.25, -0.2) is 4.79 Å². The van der Waals surface area contributed by atoms with Crippen LogP contribution in [0, 0.1) is 5.92 Å². The summed E-state index contributed by atoms with van der Waals surface area (Å²) in [7, 11) is 0. The predicted molar refractivity (Wildman–Crippen MR) is 53.9 cm³/mol. The second-order valence-corrected chi connectivity index (χ2v) is 3.75. The summed E-state index contributed by atoms with van der Waals surface area (Å²) < 4.78 is 10.2. The minimum absolute atomic E-state index is 0.295. The van der Waals surface area contributed by atoms with E-state index in [4.69, 9.17) is 9.47 Å². The molecule has 0 N–H and O–H groups in total. The van der Waals surface area contributed by atoms with E-state index in [1.807, 2.05) is 0 Å². The standard InChI is InChI=1S/C11H18O3/c1-4-9(10-7-14-10)5-6-13-11(12)8(2)3/h9-10H,2,4-7H2,1,3H3. The molecular weight excluding hydrogens is 180 g/mol. The van der Waals surface area contributed by atoms with Crippen molar-refractivity contribution in [2.45, 2.75) is 32.8 Å². The lowest BCUT2D eigenvalue weighted by molar-refractivity contribution is -0.139. The number of hydrogen-bond donors (Lipinski definition) is 0. The molecule has 0 amide bonds. The Kier molecular flexibility index (Phi) is 4.14. The Morgan fingerprint density at radius 2 is 2.36 bits per heavy atom. The first-order valence-corrected chi connectivity index (χ1v) is 5.09. The van der Waals surface area contributed by atoms with Gasteiger partial charge in [0, 0.05) is 5.57 Å². The highest BCUT2D eigenvalue weighted by atomic mass is 16.6. The number of rotatable bonds is 6. The van der Waals surface area contributed by atoms with Gasteiger partial charge in [-0.05, 0) is 19.3 Å². The molecule has 3 heteroatoms. The smallest absolute Gasteiger partial charge is 0.333 e. The zero-order valence-corrected chi connectivity index (χ0v) is 8.91. The van der Waals surface area contributed by atoms with Gasteiger partial charge in [0.15, 0.2) is 0 Å². The van der Waals surface area contributed by atoms with Crippen LogP contribution in [0.25, 0.3) is 0 Å². The van der Waals surface area contributed by atoms with Crippen LogP contribution in [0.5, 0.6) is 0 Å². The number of hydrogen-bond acceptors (Lipinski definition) is 3. The van der Waals surface area contributed by atoms with Gasteiger partial charge in [0.1, 0.15) is 0 Å². The maximum Gasteiger partial charge on any atom is 0.333 e. The number of epoxide rings is 1. The van der Waals surface area contributed by atoms with Crippen LogP contribution in [0.4, 0.5) is 0 Å². The van der Waals surface area contributed by atoms with Crippen molar-refractivity contribution in [1.29, 1.82) is 0 Å². The first-order chi connectivity index (χ1) is 6.65. The molecule has 0 radical (unpaired) electrons. The summed E-state index contributed by atoms with van der Waals surface area (Å²) in [6.07, 6.45) is 2.37. The summed E-state index contributed by atoms with van der Waals surface area (Å²) in [6.45, 7) is 8.65. The van der Waals surface area contributed by atoms with Crippen LogP contribution in [0.2, 0.25) is 0 Å². The van der Waals surface area contributed by atoms with Crippen LogP contribution in [0.3, 0.4) is 0 Å². The van der Waals surface area contributed by atoms with Gasteiger partial charge >= 0.3 is 5.97 Å². The van der Waals surface area contributed by atoms with Crippen LogP contribution in [0.1, 0.15) is 26.7 Å². The van der Waals surface area contributed by atoms with Crippen molar-refractivity contribution in [1.82, 2.24) is 0 Å². The van der Waals surface area contributed by atoms with Crippen LogP contribution < -0.4 is 0 Å². The summed E-state index contributed by atoms with van der Waals surface area (Å²) >= 11 is 0. The summed E-state index contributed by atoms with van der Waals surface area (Å²) in [5.41, 5.74) is 0.459. The molecule has 14 heavy (non-hydrogen) atoms. The zero-order valence-electron chi connectivity index (χ0n) is 8.91. The molecule has 0 aliphatic carbocycles. The van der Waals surface area contributed by atoms with Gasteiger partial charge < -0.3 is 9.47 Å². The highest BCUT2D eigenvalue weighted by Gasteiger charge is 2.31. The van der Waals surface area contributed by atoms with Crippen molar-refractivity contribution in [2.75, 3.05) is 13.2 Å². The molecule has 0 aromatic rings. The average molecular weight is 198 g/mol. The highest BCUT2D eigenvalue weighted by Crippen LogP contribution is 2.25. The molecule has 2 atom stereocenters. The lowest BCUT2D eigenvalue weighted by Crippen LogP contribution is -2.13. The molecule has 1 rings (SSSR count). The minimum atomic E-state index is -0.295. The van der Waals surface area contributed by atoms with Gasteiger partial charge in [0.25, 0.3) is 0 Å². The second kappa shape index (κ2) is 5.15. The maximum atomic E-state index is 11.0. The summed E-state index contributed by atoms with van der Waals surface area (Å²) in [5.74, 6) is 0.240. The number of ether oxygens (including phenoxy) is 2. The normalized spacial score (nSPS) is 21.4. The van der Waals surface area contributed by atoms with Crippen molar-refractivity contribution in [3.63, 3.8) is 0 Å². The van der Waals surface area contributed by atoms with E-state index in [2.05, 4.69) is 13.5 Å². The second-order valence-electron chi connectivity index (χ2n) is 3.75. The predicted octanol–water partition coefficient (Wildman–Crippen LogP) is 1.92. The van der Waals surface area contributed by atoms with E-state index in [0.717, 1.165) is 19.4 Å². The van der Waals surface area contributed by atoms with E-state index in [1.165, 1.54) is 0 Å². The molecule has 2 unspecified atom stereocenters. The number of esters is 1. The third-order valence-corrected chi connectivity index (χ3v) is 2.48. The molecule has 1 heterocycles. The monoisotopic (exact) mass is 198 g/mol. The van der Waals surface area contributed by atoms with E-state index in [1.54, 1.807) is 6.92 Å². The average Bonchev–Trinajstić information content (AvgIpc) is 2.95. The minimum Gasteiger partial charge on any atom is -0.462 e. The Morgan fingerprint density at radius 3 is 2.79 bits per heavy atom. The fourth-order valence-corrected chi connectivity index (χ4v) is 1.41. The van der Waals surface area contributed by atoms with E-state index in [-0.39, 0.29) is 5.97 Å². The molecule has 0 aromatic carbocycles. The van der Waals surface area contributed by atoms with Crippen molar-refractivity contribution in [3.8, 4) is 0 Å². The van der Waals surface area contributed by atoms with Crippen molar-refractivity contribution < 1.29 is 14.3 Å². The summed E-state index contributed by atoms with van der Waals surface area (Å²) in [4.78, 5) is 11.0. The van der Waals surface area contributed by atoms with Crippen LogP contribution >= 0.6 is 0 Å². The first kappa shape index (κ1) is 11.2. The van der Waals surface area contributed by atoms with E-state index < -0.39 is 0 Å². The van der Waals surface area contributed by atoms with Gasteiger partial charge in [-0.2, -0.15) is 0 Å². The lowest BCUT2D eigenvalue weighted by Gasteiger charge is -2.11. The fourth-order valence-electron chi connectivity index (χ4n) is 1.41. The molecule has 1 aliphatic rings. The Balaban J connectivity index is 2.12. The number of carbonyl (C=O) groups is 1. The first-order valence-electron chi connectivity index (χ1n) is 5.09. The van der Waals surface area contributed by atoms with Crippen molar-refractivity contribution >= 4 is 5.97 Å². The molecule has 0 saturated carbocycles. The fraction of sp³-hybridized carbons (Fsp3) is 0.727. The SMILES string of the molecule is C=C(C)C(=O)OCCC(CC)C1CO1. The Morgan fingerprint density at radius 1 is 1.71 bits per heavy atom. The van der Waals surface area contributed by atoms with E-state index >= 15 is 0 Å². The van der Waals surface area contributed by atoms with Crippen LogP contribution in [-0.4, -0.2) is 25.3 Å². The largest absolute Gasteiger partial charge is 0.462 e. The zero-order chi connectivity index (χ0) is 10.6. The highest BCUT2D eigenvalue weighted by molar-refractivity contribution is 5.86. The topological polar surface area (TPSA) is 38.8 Å². The molecule has 0 aromatic heterocycles. The number of carbonyl (C=O) groups excluding carboxylic acids is 1. The molecule has 1 saturated heterocycles. The Hall–Kier alpha value is -0.830. The summed E-state index contributed by atoms with van der Waals surface area (Å²) in [5, 5.41) is 0. The van der Waals surface area contributed by atoms with Gasteiger partial charge in [0.05, 0.1) is 19.3 Å². The van der Waals surface area contributed by atoms with E-state index in [0.29, 0.717) is 24.2 Å². The van der Waals surface area contributed by atoms with Gasteiger partial charge in [0.2, 0.25) is 0 Å². The summed E-state index contributed by atoms with van der Waals surface area (Å²) in [6, 6.07) is 0.